The van der Waals surface area contributed by atoms with Gasteiger partial charge < -0.3 is 20.1 Å². The van der Waals surface area contributed by atoms with Crippen LogP contribution in [0.5, 0.6) is 11.5 Å². The molecule has 0 radical (unpaired) electrons. The van der Waals surface area contributed by atoms with E-state index in [4.69, 9.17) is 9.47 Å². The first kappa shape index (κ1) is 13.2. The summed E-state index contributed by atoms with van der Waals surface area (Å²) in [6, 6.07) is 6.55. The molecule has 1 fully saturated rings. The van der Waals surface area contributed by atoms with Gasteiger partial charge in [-0.1, -0.05) is 0 Å². The molecule has 2 N–H and O–H groups in total. The minimum Gasteiger partial charge on any atom is -0.497 e. The highest BCUT2D eigenvalue weighted by Crippen LogP contribution is 2.24. The Labute approximate surface area is 109 Å². The number of hydrogen-bond acceptors (Lipinski definition) is 4. The molecule has 1 unspecified atom stereocenters. The van der Waals surface area contributed by atoms with E-state index in [2.05, 4.69) is 10.6 Å². The van der Waals surface area contributed by atoms with Crippen LogP contribution in [0.2, 0.25) is 0 Å². The zero-order valence-electron chi connectivity index (χ0n) is 11.2. The zero-order valence-corrected chi connectivity index (χ0v) is 11.2. The molecule has 0 amide bonds. The van der Waals surface area contributed by atoms with E-state index in [1.54, 1.807) is 14.2 Å². The van der Waals surface area contributed by atoms with Crippen molar-refractivity contribution in [1.82, 2.24) is 10.6 Å². The van der Waals surface area contributed by atoms with Gasteiger partial charge >= 0.3 is 0 Å². The molecule has 1 heterocycles. The Bertz CT molecular complexity index is 376. The highest BCUT2D eigenvalue weighted by atomic mass is 16.5. The summed E-state index contributed by atoms with van der Waals surface area (Å²) in [6.45, 7) is 3.17. The molecule has 0 saturated carbocycles. The summed E-state index contributed by atoms with van der Waals surface area (Å²) in [5.74, 6) is 1.82. The standard InChI is InChI=1S/C14H22N2O2/c1-17-13-3-4-14(18-2)11(9-13)5-8-16-12-6-7-15-10-12/h3-4,9,12,15-16H,5-8,10H2,1-2H3. The van der Waals surface area contributed by atoms with Crippen molar-refractivity contribution in [3.05, 3.63) is 23.8 Å². The molecule has 100 valence electrons. The van der Waals surface area contributed by atoms with Gasteiger partial charge in [0.1, 0.15) is 11.5 Å². The molecule has 1 aromatic rings. The predicted molar refractivity (Wildman–Crippen MR) is 72.5 cm³/mol. The molecule has 0 aromatic heterocycles. The van der Waals surface area contributed by atoms with Crippen molar-refractivity contribution in [1.29, 1.82) is 0 Å². The highest BCUT2D eigenvalue weighted by molar-refractivity contribution is 5.40. The topological polar surface area (TPSA) is 42.5 Å². The second kappa shape index (κ2) is 6.61. The largest absolute Gasteiger partial charge is 0.497 e. The third kappa shape index (κ3) is 3.37. The van der Waals surface area contributed by atoms with Crippen molar-refractivity contribution in [3.8, 4) is 11.5 Å². The van der Waals surface area contributed by atoms with Gasteiger partial charge in [0.25, 0.3) is 0 Å². The normalized spacial score (nSPS) is 18.9. The van der Waals surface area contributed by atoms with E-state index in [1.165, 1.54) is 12.0 Å². The molecular weight excluding hydrogens is 228 g/mol. The molecule has 1 aliphatic rings. The molecule has 1 aliphatic heterocycles. The maximum atomic E-state index is 5.37. The Morgan fingerprint density at radius 2 is 2.22 bits per heavy atom. The summed E-state index contributed by atoms with van der Waals surface area (Å²) in [6.07, 6.45) is 2.17. The molecular formula is C14H22N2O2. The van der Waals surface area contributed by atoms with Crippen LogP contribution in [0.15, 0.2) is 18.2 Å². The predicted octanol–water partition coefficient (Wildman–Crippen LogP) is 1.20. The second-order valence-electron chi connectivity index (χ2n) is 4.57. The van der Waals surface area contributed by atoms with E-state index in [0.717, 1.165) is 37.6 Å². The van der Waals surface area contributed by atoms with Crippen LogP contribution >= 0.6 is 0 Å². The third-order valence-electron chi connectivity index (χ3n) is 3.38. The van der Waals surface area contributed by atoms with Gasteiger partial charge in [-0.2, -0.15) is 0 Å². The Morgan fingerprint density at radius 3 is 2.89 bits per heavy atom. The molecule has 1 atom stereocenters. The van der Waals surface area contributed by atoms with Gasteiger partial charge in [0.15, 0.2) is 0 Å². The molecule has 0 aliphatic carbocycles. The fraction of sp³-hybridized carbons (Fsp3) is 0.571. The lowest BCUT2D eigenvalue weighted by atomic mass is 10.1. The van der Waals surface area contributed by atoms with Crippen LogP contribution < -0.4 is 20.1 Å². The Kier molecular flexibility index (Phi) is 4.84. The van der Waals surface area contributed by atoms with Crippen molar-refractivity contribution >= 4 is 0 Å². The van der Waals surface area contributed by atoms with Gasteiger partial charge in [0.2, 0.25) is 0 Å². The number of hydrogen-bond donors (Lipinski definition) is 2. The van der Waals surface area contributed by atoms with E-state index in [1.807, 2.05) is 18.2 Å². The maximum Gasteiger partial charge on any atom is 0.122 e. The highest BCUT2D eigenvalue weighted by Gasteiger charge is 2.13. The number of ether oxygens (including phenoxy) is 2. The van der Waals surface area contributed by atoms with Crippen LogP contribution in [0.3, 0.4) is 0 Å². The molecule has 0 bridgehead atoms. The van der Waals surface area contributed by atoms with Crippen LogP contribution in [0.1, 0.15) is 12.0 Å². The van der Waals surface area contributed by atoms with E-state index in [9.17, 15) is 0 Å². The first-order valence-electron chi connectivity index (χ1n) is 6.48. The van der Waals surface area contributed by atoms with Gasteiger partial charge in [0.05, 0.1) is 14.2 Å². The van der Waals surface area contributed by atoms with E-state index < -0.39 is 0 Å². The lowest BCUT2D eigenvalue weighted by Gasteiger charge is -2.13. The van der Waals surface area contributed by atoms with Gasteiger partial charge in [-0.3, -0.25) is 0 Å². The minimum atomic E-state index is 0.613. The maximum absolute atomic E-state index is 5.37. The quantitative estimate of drug-likeness (QED) is 0.796. The summed E-state index contributed by atoms with van der Waals surface area (Å²) in [5, 5.41) is 6.91. The second-order valence-corrected chi connectivity index (χ2v) is 4.57. The van der Waals surface area contributed by atoms with E-state index in [-0.39, 0.29) is 0 Å². The number of methoxy groups -OCH3 is 2. The molecule has 18 heavy (non-hydrogen) atoms. The molecule has 1 aromatic carbocycles. The van der Waals surface area contributed by atoms with Crippen LogP contribution in [0.25, 0.3) is 0 Å². The molecule has 1 saturated heterocycles. The van der Waals surface area contributed by atoms with Crippen molar-refractivity contribution in [2.45, 2.75) is 18.9 Å². The van der Waals surface area contributed by atoms with Gasteiger partial charge in [0, 0.05) is 12.6 Å². The Morgan fingerprint density at radius 1 is 1.33 bits per heavy atom. The van der Waals surface area contributed by atoms with Gasteiger partial charge in [-0.25, -0.2) is 0 Å². The summed E-state index contributed by atoms with van der Waals surface area (Å²) >= 11 is 0. The monoisotopic (exact) mass is 250 g/mol. The summed E-state index contributed by atoms with van der Waals surface area (Å²) < 4.78 is 10.6. The average molecular weight is 250 g/mol. The average Bonchev–Trinajstić information content (AvgIpc) is 2.92. The van der Waals surface area contributed by atoms with Crippen LogP contribution in [-0.2, 0) is 6.42 Å². The van der Waals surface area contributed by atoms with Gasteiger partial charge in [-0.15, -0.1) is 0 Å². The van der Waals surface area contributed by atoms with Crippen molar-refractivity contribution in [2.24, 2.45) is 0 Å². The fourth-order valence-corrected chi connectivity index (χ4v) is 2.32. The zero-order chi connectivity index (χ0) is 12.8. The van der Waals surface area contributed by atoms with Crippen LogP contribution in [-0.4, -0.2) is 39.9 Å². The summed E-state index contributed by atoms with van der Waals surface area (Å²) in [5.41, 5.74) is 1.19. The van der Waals surface area contributed by atoms with Crippen molar-refractivity contribution in [3.63, 3.8) is 0 Å². The molecule has 4 nitrogen and oxygen atoms in total. The number of nitrogens with one attached hydrogen (secondary N) is 2. The molecule has 0 spiro atoms. The van der Waals surface area contributed by atoms with Crippen molar-refractivity contribution < 1.29 is 9.47 Å². The van der Waals surface area contributed by atoms with Crippen molar-refractivity contribution in [2.75, 3.05) is 33.9 Å². The van der Waals surface area contributed by atoms with E-state index in [0.29, 0.717) is 6.04 Å². The minimum absolute atomic E-state index is 0.613. The van der Waals surface area contributed by atoms with Crippen LogP contribution in [0, 0.1) is 0 Å². The van der Waals surface area contributed by atoms with E-state index >= 15 is 0 Å². The van der Waals surface area contributed by atoms with Gasteiger partial charge in [-0.05, 0) is 49.7 Å². The molecule has 4 heteroatoms. The third-order valence-corrected chi connectivity index (χ3v) is 3.38. The Balaban J connectivity index is 1.89. The lowest BCUT2D eigenvalue weighted by molar-refractivity contribution is 0.398. The summed E-state index contributed by atoms with van der Waals surface area (Å²) in [7, 11) is 3.40. The SMILES string of the molecule is COc1ccc(OC)c(CCNC2CCNC2)c1. The number of benzene rings is 1. The Hall–Kier alpha value is -1.26. The first-order valence-corrected chi connectivity index (χ1v) is 6.48. The van der Waals surface area contributed by atoms with Crippen LogP contribution in [0.4, 0.5) is 0 Å². The smallest absolute Gasteiger partial charge is 0.122 e. The number of rotatable bonds is 6. The first-order chi connectivity index (χ1) is 8.83. The summed E-state index contributed by atoms with van der Waals surface area (Å²) in [4.78, 5) is 0. The lowest BCUT2D eigenvalue weighted by Crippen LogP contribution is -2.32. The molecule has 2 rings (SSSR count). The fourth-order valence-electron chi connectivity index (χ4n) is 2.32.